The van der Waals surface area contributed by atoms with Gasteiger partial charge in [-0.25, -0.2) is 9.37 Å². The van der Waals surface area contributed by atoms with E-state index in [0.29, 0.717) is 17.6 Å². The van der Waals surface area contributed by atoms with Crippen molar-refractivity contribution in [1.29, 1.82) is 0 Å². The Morgan fingerprint density at radius 1 is 1.19 bits per heavy atom. The zero-order valence-corrected chi connectivity index (χ0v) is 15.7. The predicted octanol–water partition coefficient (Wildman–Crippen LogP) is 3.53. The molecule has 2 fully saturated rings. The molecule has 0 atom stereocenters. The fourth-order valence-corrected chi connectivity index (χ4v) is 3.77. The number of carbonyl (C=O) groups excluding carboxylic acids is 1. The number of imidazole rings is 1. The molecule has 0 bridgehead atoms. The second-order valence-corrected chi connectivity index (χ2v) is 7.71. The number of benzene rings is 1. The van der Waals surface area contributed by atoms with Gasteiger partial charge in [-0.15, -0.1) is 0 Å². The minimum absolute atomic E-state index is 0.00273. The molecule has 144 valence electrons. The summed E-state index contributed by atoms with van der Waals surface area (Å²) in [6.45, 7) is 4.67. The molecule has 4 rings (SSSR count). The van der Waals surface area contributed by atoms with Crippen molar-refractivity contribution in [1.82, 2.24) is 14.5 Å². The molecule has 2 aliphatic rings. The Bertz CT molecular complexity index is 790. The van der Waals surface area contributed by atoms with E-state index in [1.807, 2.05) is 11.1 Å². The second-order valence-electron chi connectivity index (χ2n) is 7.71. The number of rotatable bonds is 6. The minimum atomic E-state index is -0.311. The fraction of sp³-hybridized carbons (Fsp3) is 0.524. The summed E-state index contributed by atoms with van der Waals surface area (Å²) in [5.41, 5.74) is 1.24. The number of aryl methyl sites for hydroxylation is 1. The molecule has 1 aliphatic heterocycles. The maximum absolute atomic E-state index is 12.9. The lowest BCUT2D eigenvalue weighted by molar-refractivity contribution is -0.134. The Balaban J connectivity index is 1.25. The zero-order valence-electron chi connectivity index (χ0n) is 15.7. The molecular weight excluding hydrogens is 345 g/mol. The van der Waals surface area contributed by atoms with Crippen molar-refractivity contribution in [3.05, 3.63) is 47.8 Å². The van der Waals surface area contributed by atoms with E-state index in [1.165, 1.54) is 36.5 Å². The van der Waals surface area contributed by atoms with Crippen LogP contribution in [0.5, 0.6) is 5.75 Å². The van der Waals surface area contributed by atoms with Gasteiger partial charge in [-0.3, -0.25) is 4.79 Å². The molecule has 1 aliphatic carbocycles. The summed E-state index contributed by atoms with van der Waals surface area (Å²) in [5.74, 6) is 2.69. The first-order valence-corrected chi connectivity index (χ1v) is 9.78. The highest BCUT2D eigenvalue weighted by atomic mass is 19.1. The summed E-state index contributed by atoms with van der Waals surface area (Å²) >= 11 is 0. The molecule has 1 amide bonds. The van der Waals surface area contributed by atoms with Gasteiger partial charge in [0.05, 0.1) is 0 Å². The van der Waals surface area contributed by atoms with Gasteiger partial charge < -0.3 is 14.2 Å². The number of piperidine rings is 1. The number of hydrogen-bond donors (Lipinski definition) is 0. The van der Waals surface area contributed by atoms with E-state index in [4.69, 9.17) is 4.74 Å². The van der Waals surface area contributed by atoms with Crippen LogP contribution in [0.25, 0.3) is 0 Å². The average Bonchev–Trinajstić information content (AvgIpc) is 3.46. The Labute approximate surface area is 159 Å². The van der Waals surface area contributed by atoms with Gasteiger partial charge in [0.1, 0.15) is 17.4 Å². The summed E-state index contributed by atoms with van der Waals surface area (Å²) in [6.07, 6.45) is 6.52. The lowest BCUT2D eigenvalue weighted by Crippen LogP contribution is -2.41. The van der Waals surface area contributed by atoms with Crippen LogP contribution in [0, 0.1) is 18.7 Å². The second kappa shape index (κ2) is 7.71. The number of halogens is 1. The molecular formula is C21H26FN3O2. The molecule has 6 heteroatoms. The number of hydrogen-bond acceptors (Lipinski definition) is 3. The summed E-state index contributed by atoms with van der Waals surface area (Å²) in [6, 6.07) is 5.75. The summed E-state index contributed by atoms with van der Waals surface area (Å²) in [7, 11) is 0. The third-order valence-corrected chi connectivity index (χ3v) is 5.61. The topological polar surface area (TPSA) is 47.4 Å². The lowest BCUT2D eigenvalue weighted by atomic mass is 9.96. The van der Waals surface area contributed by atoms with Gasteiger partial charge in [-0.1, -0.05) is 0 Å². The molecule has 0 spiro atoms. The van der Waals surface area contributed by atoms with Crippen LogP contribution in [0.4, 0.5) is 4.39 Å². The van der Waals surface area contributed by atoms with Crippen molar-refractivity contribution in [3.63, 3.8) is 0 Å². The van der Waals surface area contributed by atoms with Crippen LogP contribution < -0.4 is 4.74 Å². The Morgan fingerprint density at radius 3 is 2.56 bits per heavy atom. The molecule has 2 aromatic rings. The van der Waals surface area contributed by atoms with Crippen molar-refractivity contribution in [3.8, 4) is 5.75 Å². The molecule has 1 saturated carbocycles. The van der Waals surface area contributed by atoms with Crippen molar-refractivity contribution in [2.75, 3.05) is 19.7 Å². The maximum Gasteiger partial charge on any atom is 0.260 e. The van der Waals surface area contributed by atoms with E-state index in [1.54, 1.807) is 12.1 Å². The third-order valence-electron chi connectivity index (χ3n) is 5.61. The van der Waals surface area contributed by atoms with Gasteiger partial charge in [0.15, 0.2) is 6.61 Å². The quantitative estimate of drug-likeness (QED) is 0.780. The van der Waals surface area contributed by atoms with Crippen LogP contribution >= 0.6 is 0 Å². The third kappa shape index (κ3) is 4.31. The molecule has 5 nitrogen and oxygen atoms in total. The first-order chi connectivity index (χ1) is 13.1. The van der Waals surface area contributed by atoms with Gasteiger partial charge in [0, 0.05) is 37.4 Å². The van der Waals surface area contributed by atoms with Crippen LogP contribution in [0.3, 0.4) is 0 Å². The number of nitrogens with zero attached hydrogens (tertiary/aromatic N) is 3. The van der Waals surface area contributed by atoms with Crippen molar-refractivity contribution in [2.24, 2.45) is 5.92 Å². The van der Waals surface area contributed by atoms with Crippen molar-refractivity contribution >= 4 is 5.91 Å². The Kier molecular flexibility index (Phi) is 5.14. The molecule has 1 saturated heterocycles. The van der Waals surface area contributed by atoms with Gasteiger partial charge in [-0.2, -0.15) is 0 Å². The smallest absolute Gasteiger partial charge is 0.260 e. The fourth-order valence-electron chi connectivity index (χ4n) is 3.77. The highest BCUT2D eigenvalue weighted by molar-refractivity contribution is 5.77. The van der Waals surface area contributed by atoms with E-state index < -0.39 is 0 Å². The van der Waals surface area contributed by atoms with E-state index >= 15 is 0 Å². The Morgan fingerprint density at radius 2 is 1.89 bits per heavy atom. The van der Waals surface area contributed by atoms with Crippen molar-refractivity contribution in [2.45, 2.75) is 45.1 Å². The van der Waals surface area contributed by atoms with E-state index in [-0.39, 0.29) is 18.3 Å². The molecule has 0 N–H and O–H groups in total. The first-order valence-electron chi connectivity index (χ1n) is 9.78. The molecule has 1 aromatic heterocycles. The predicted molar refractivity (Wildman–Crippen MR) is 100 cm³/mol. The number of amides is 1. The lowest BCUT2D eigenvalue weighted by Gasteiger charge is -2.32. The summed E-state index contributed by atoms with van der Waals surface area (Å²) in [4.78, 5) is 18.9. The standard InChI is InChI=1S/C21H26FN3O2/c1-15-12-23-21(17-2-3-17)25(15)13-16-8-10-24(11-9-16)20(26)14-27-19-6-4-18(22)5-7-19/h4-7,12,16-17H,2-3,8-11,13-14H2,1H3. The average molecular weight is 371 g/mol. The number of likely N-dealkylation sites (tertiary alicyclic amines) is 1. The molecule has 27 heavy (non-hydrogen) atoms. The van der Waals surface area contributed by atoms with Crippen LogP contribution in [0.1, 0.15) is 43.1 Å². The molecule has 0 radical (unpaired) electrons. The van der Waals surface area contributed by atoms with Gasteiger partial charge >= 0.3 is 0 Å². The van der Waals surface area contributed by atoms with Crippen molar-refractivity contribution < 1.29 is 13.9 Å². The summed E-state index contributed by atoms with van der Waals surface area (Å²) < 4.78 is 20.8. The maximum atomic E-state index is 12.9. The molecule has 1 aromatic carbocycles. The summed E-state index contributed by atoms with van der Waals surface area (Å²) in [5, 5.41) is 0. The van der Waals surface area contributed by atoms with Gasteiger partial charge in [-0.05, 0) is 62.8 Å². The van der Waals surface area contributed by atoms with Crippen LogP contribution in [-0.4, -0.2) is 40.1 Å². The van der Waals surface area contributed by atoms with Crippen LogP contribution in [0.15, 0.2) is 30.5 Å². The van der Waals surface area contributed by atoms with Crippen LogP contribution in [-0.2, 0) is 11.3 Å². The number of aromatic nitrogens is 2. The monoisotopic (exact) mass is 371 g/mol. The van der Waals surface area contributed by atoms with Gasteiger partial charge in [0.2, 0.25) is 0 Å². The van der Waals surface area contributed by atoms with E-state index in [0.717, 1.165) is 32.5 Å². The molecule has 0 unspecified atom stereocenters. The van der Waals surface area contributed by atoms with Gasteiger partial charge in [0.25, 0.3) is 5.91 Å². The normalized spacial score (nSPS) is 17.9. The largest absolute Gasteiger partial charge is 0.484 e. The first kappa shape index (κ1) is 18.0. The number of carbonyl (C=O) groups is 1. The zero-order chi connectivity index (χ0) is 18.8. The van der Waals surface area contributed by atoms with E-state index in [2.05, 4.69) is 16.5 Å². The minimum Gasteiger partial charge on any atom is -0.484 e. The van der Waals surface area contributed by atoms with Crippen LogP contribution in [0.2, 0.25) is 0 Å². The number of ether oxygens (including phenoxy) is 1. The van der Waals surface area contributed by atoms with E-state index in [9.17, 15) is 9.18 Å². The highest BCUT2D eigenvalue weighted by Crippen LogP contribution is 2.40. The Hall–Kier alpha value is -2.37. The SMILES string of the molecule is Cc1cnc(C2CC2)n1CC1CCN(C(=O)COc2ccc(F)cc2)CC1. The molecule has 2 heterocycles. The highest BCUT2D eigenvalue weighted by Gasteiger charge is 2.30.